The van der Waals surface area contributed by atoms with Gasteiger partial charge in [-0.25, -0.2) is 0 Å². The van der Waals surface area contributed by atoms with Crippen LogP contribution in [0, 0.1) is 11.8 Å². The van der Waals surface area contributed by atoms with E-state index in [0.717, 1.165) is 0 Å². The predicted octanol–water partition coefficient (Wildman–Crippen LogP) is -1.78. The summed E-state index contributed by atoms with van der Waals surface area (Å²) in [6.07, 6.45) is -6.91. The van der Waals surface area contributed by atoms with Crippen LogP contribution in [0.2, 0.25) is 0 Å². The van der Waals surface area contributed by atoms with E-state index in [0.29, 0.717) is 0 Å². The minimum atomic E-state index is -1.21. The van der Waals surface area contributed by atoms with Crippen LogP contribution >= 0.6 is 0 Å². The summed E-state index contributed by atoms with van der Waals surface area (Å²) in [7, 11) is 0. The van der Waals surface area contributed by atoms with E-state index in [4.69, 9.17) is 14.2 Å². The quantitative estimate of drug-likeness (QED) is 0.408. The second-order valence-corrected chi connectivity index (χ2v) is 6.58. The largest absolute Gasteiger partial charge is 0.394 e. The Morgan fingerprint density at radius 2 is 1.39 bits per heavy atom. The van der Waals surface area contributed by atoms with Crippen molar-refractivity contribution in [2.45, 2.75) is 69.8 Å². The lowest BCUT2D eigenvalue weighted by Gasteiger charge is -2.46. The van der Waals surface area contributed by atoms with Gasteiger partial charge in [-0.15, -0.1) is 0 Å². The molecule has 0 aromatic rings. The van der Waals surface area contributed by atoms with Crippen LogP contribution < -0.4 is 0 Å². The van der Waals surface area contributed by atoms with E-state index in [2.05, 4.69) is 0 Å². The molecule has 2 fully saturated rings. The van der Waals surface area contributed by atoms with Crippen molar-refractivity contribution in [3.63, 3.8) is 0 Å². The molecule has 136 valence electrons. The van der Waals surface area contributed by atoms with Gasteiger partial charge in [-0.3, -0.25) is 0 Å². The molecule has 4 unspecified atom stereocenters. The van der Waals surface area contributed by atoms with E-state index in [-0.39, 0.29) is 18.6 Å². The molecule has 2 aliphatic rings. The number of hydrogen-bond donors (Lipinski definition) is 5. The van der Waals surface area contributed by atoms with Gasteiger partial charge in [0.05, 0.1) is 31.5 Å². The van der Waals surface area contributed by atoms with Crippen molar-refractivity contribution in [3.05, 3.63) is 0 Å². The lowest BCUT2D eigenvalue weighted by atomic mass is 9.88. The maximum atomic E-state index is 10.4. The van der Waals surface area contributed by atoms with Crippen LogP contribution in [0.15, 0.2) is 0 Å². The van der Waals surface area contributed by atoms with E-state index in [1.54, 1.807) is 6.92 Å². The summed E-state index contributed by atoms with van der Waals surface area (Å²) in [6, 6.07) is 0. The zero-order chi connectivity index (χ0) is 17.3. The zero-order valence-electron chi connectivity index (χ0n) is 13.6. The van der Waals surface area contributed by atoms with Crippen LogP contribution in [-0.2, 0) is 14.2 Å². The van der Waals surface area contributed by atoms with Gasteiger partial charge in [-0.2, -0.15) is 0 Å². The van der Waals surface area contributed by atoms with Gasteiger partial charge in [0.25, 0.3) is 0 Å². The fraction of sp³-hybridized carbons (Fsp3) is 1.00. The molecule has 2 saturated heterocycles. The highest BCUT2D eigenvalue weighted by atomic mass is 16.7. The van der Waals surface area contributed by atoms with Gasteiger partial charge in [0.1, 0.15) is 24.4 Å². The normalized spacial score (nSPS) is 51.7. The topological polar surface area (TPSA) is 129 Å². The molecule has 0 aromatic carbocycles. The Hall–Kier alpha value is -0.320. The third kappa shape index (κ3) is 3.69. The molecule has 0 amide bonds. The molecule has 5 N–H and O–H groups in total. The minimum absolute atomic E-state index is 0.203. The highest BCUT2D eigenvalue weighted by Crippen LogP contribution is 2.33. The molecule has 0 spiro atoms. The molecule has 8 heteroatoms. The van der Waals surface area contributed by atoms with E-state index in [9.17, 15) is 25.5 Å². The standard InChI is InChI=1S/C15H28O8/c1-6-8(3)21-10(5-17)14(12(6)19)23-15-7(2)11(18)13(20)9(4-16)22-15/h6-20H,4-5H2,1-3H3/t6-,7+,8-,9?,10?,11?,12?,13-,14-,15+/m1/s1. The third-order valence-electron chi connectivity index (χ3n) is 5.03. The summed E-state index contributed by atoms with van der Waals surface area (Å²) < 4.78 is 17.0. The van der Waals surface area contributed by atoms with Crippen molar-refractivity contribution in [3.8, 4) is 0 Å². The molecule has 0 radical (unpaired) electrons. The first-order valence-corrected chi connectivity index (χ1v) is 8.04. The van der Waals surface area contributed by atoms with Gasteiger partial charge in [-0.05, 0) is 6.92 Å². The monoisotopic (exact) mass is 336 g/mol. The average Bonchev–Trinajstić information content (AvgIpc) is 2.55. The maximum Gasteiger partial charge on any atom is 0.163 e. The van der Waals surface area contributed by atoms with Gasteiger partial charge < -0.3 is 39.7 Å². The second kappa shape index (κ2) is 7.71. The van der Waals surface area contributed by atoms with Crippen molar-refractivity contribution in [2.75, 3.05) is 13.2 Å². The van der Waals surface area contributed by atoms with Crippen LogP contribution in [0.5, 0.6) is 0 Å². The number of rotatable bonds is 4. The maximum absolute atomic E-state index is 10.4. The van der Waals surface area contributed by atoms with Crippen LogP contribution in [0.1, 0.15) is 20.8 Å². The molecule has 2 heterocycles. The van der Waals surface area contributed by atoms with Gasteiger partial charge in [-0.1, -0.05) is 13.8 Å². The van der Waals surface area contributed by atoms with Crippen molar-refractivity contribution in [1.82, 2.24) is 0 Å². The van der Waals surface area contributed by atoms with Crippen molar-refractivity contribution in [2.24, 2.45) is 11.8 Å². The van der Waals surface area contributed by atoms with E-state index >= 15 is 0 Å². The Morgan fingerprint density at radius 3 is 1.96 bits per heavy atom. The third-order valence-corrected chi connectivity index (χ3v) is 5.03. The van der Waals surface area contributed by atoms with E-state index < -0.39 is 55.4 Å². The van der Waals surface area contributed by atoms with Crippen LogP contribution in [0.4, 0.5) is 0 Å². The molecule has 0 aromatic heterocycles. The number of aliphatic hydroxyl groups excluding tert-OH is 5. The summed E-state index contributed by atoms with van der Waals surface area (Å²) in [5.41, 5.74) is 0. The first-order valence-electron chi connectivity index (χ1n) is 8.04. The molecule has 2 aliphatic heterocycles. The second-order valence-electron chi connectivity index (χ2n) is 6.58. The Morgan fingerprint density at radius 1 is 0.783 bits per heavy atom. The molecule has 8 nitrogen and oxygen atoms in total. The molecule has 0 aliphatic carbocycles. The number of hydrogen-bond acceptors (Lipinski definition) is 8. The van der Waals surface area contributed by atoms with Gasteiger partial charge >= 0.3 is 0 Å². The smallest absolute Gasteiger partial charge is 0.163 e. The molecular weight excluding hydrogens is 308 g/mol. The van der Waals surface area contributed by atoms with E-state index in [1.165, 1.54) is 0 Å². The average molecular weight is 336 g/mol. The molecular formula is C15H28O8. The number of aliphatic hydroxyl groups is 5. The highest BCUT2D eigenvalue weighted by molar-refractivity contribution is 4.92. The molecule has 23 heavy (non-hydrogen) atoms. The first kappa shape index (κ1) is 19.0. The van der Waals surface area contributed by atoms with E-state index in [1.807, 2.05) is 13.8 Å². The van der Waals surface area contributed by atoms with Crippen LogP contribution in [0.3, 0.4) is 0 Å². The SMILES string of the molecule is C[C@H]1OC(CO)[C@@H](O[C@@H]2OC(CO)[C@@H](O)C(O)[C@@H]2C)C(O)[C@@H]1C. The Kier molecular flexibility index (Phi) is 6.37. The lowest BCUT2D eigenvalue weighted by Crippen LogP contribution is -2.60. The fourth-order valence-electron chi connectivity index (χ4n) is 3.12. The Balaban J connectivity index is 2.11. The molecule has 10 atom stereocenters. The first-order chi connectivity index (χ1) is 10.8. The Bertz CT molecular complexity index is 376. The molecule has 0 saturated carbocycles. The summed E-state index contributed by atoms with van der Waals surface area (Å²) in [5.74, 6) is -0.778. The van der Waals surface area contributed by atoms with Gasteiger partial charge in [0, 0.05) is 11.8 Å². The summed E-state index contributed by atoms with van der Waals surface area (Å²) in [4.78, 5) is 0. The van der Waals surface area contributed by atoms with Crippen LogP contribution in [-0.4, -0.2) is 87.8 Å². The minimum Gasteiger partial charge on any atom is -0.394 e. The summed E-state index contributed by atoms with van der Waals surface area (Å²) in [5, 5.41) is 49.1. The van der Waals surface area contributed by atoms with Gasteiger partial charge in [0.15, 0.2) is 6.29 Å². The predicted molar refractivity (Wildman–Crippen MR) is 78.4 cm³/mol. The summed E-state index contributed by atoms with van der Waals surface area (Å²) >= 11 is 0. The lowest BCUT2D eigenvalue weighted by molar-refractivity contribution is -0.325. The van der Waals surface area contributed by atoms with Crippen LogP contribution in [0.25, 0.3) is 0 Å². The Labute approximate surface area is 135 Å². The van der Waals surface area contributed by atoms with Crippen molar-refractivity contribution >= 4 is 0 Å². The van der Waals surface area contributed by atoms with Crippen molar-refractivity contribution < 1.29 is 39.7 Å². The fourth-order valence-corrected chi connectivity index (χ4v) is 3.12. The summed E-state index contributed by atoms with van der Waals surface area (Å²) in [6.45, 7) is 4.48. The highest BCUT2D eigenvalue weighted by Gasteiger charge is 2.47. The number of ether oxygens (including phenoxy) is 3. The van der Waals surface area contributed by atoms with Gasteiger partial charge in [0.2, 0.25) is 0 Å². The van der Waals surface area contributed by atoms with Crippen molar-refractivity contribution in [1.29, 1.82) is 0 Å². The zero-order valence-corrected chi connectivity index (χ0v) is 13.6. The molecule has 2 rings (SSSR count). The molecule has 0 bridgehead atoms.